The van der Waals surface area contributed by atoms with Gasteiger partial charge in [0.25, 0.3) is 5.91 Å². The van der Waals surface area contributed by atoms with Crippen molar-refractivity contribution in [3.8, 4) is 5.75 Å². The first-order valence-electron chi connectivity index (χ1n) is 8.60. The summed E-state index contributed by atoms with van der Waals surface area (Å²) in [5, 5.41) is 4.65. The van der Waals surface area contributed by atoms with Crippen LogP contribution >= 0.6 is 0 Å². The van der Waals surface area contributed by atoms with Gasteiger partial charge < -0.3 is 10.1 Å². The molecule has 3 rings (SSSR count). The average Bonchev–Trinajstić information content (AvgIpc) is 2.70. The summed E-state index contributed by atoms with van der Waals surface area (Å²) >= 11 is 0. The number of nitrogens with one attached hydrogen (secondary N) is 1. The molecule has 26 heavy (non-hydrogen) atoms. The van der Waals surface area contributed by atoms with Gasteiger partial charge in [-0.2, -0.15) is 0 Å². The molecule has 1 amide bonds. The van der Waals surface area contributed by atoms with Crippen LogP contribution in [0, 0.1) is 0 Å². The Kier molecular flexibility index (Phi) is 5.64. The summed E-state index contributed by atoms with van der Waals surface area (Å²) in [4.78, 5) is 23.6. The van der Waals surface area contributed by atoms with Crippen LogP contribution in [0.2, 0.25) is 0 Å². The van der Waals surface area contributed by atoms with E-state index in [-0.39, 0.29) is 18.4 Å². The lowest BCUT2D eigenvalue weighted by atomic mass is 10.0. The molecule has 0 bridgehead atoms. The van der Waals surface area contributed by atoms with E-state index in [0.29, 0.717) is 17.9 Å². The topological polar surface area (TPSA) is 55.4 Å². The Hall–Kier alpha value is -3.14. The van der Waals surface area contributed by atoms with Gasteiger partial charge in [-0.05, 0) is 28.3 Å². The van der Waals surface area contributed by atoms with Gasteiger partial charge in [0, 0.05) is 6.54 Å². The molecule has 3 aromatic rings. The standard InChI is InChI=1S/C22H21NO3/c1-16(17-7-3-2-4-8-17)13-23-22(25)15-26-21-12-11-18-9-5-6-10-19(18)20(21)14-24/h2-12,14,16H,13,15H2,1H3,(H,23,25)/t16-/m1/s1. The second-order valence-corrected chi connectivity index (χ2v) is 6.22. The van der Waals surface area contributed by atoms with Crippen LogP contribution in [0.1, 0.15) is 28.8 Å². The molecule has 1 N–H and O–H groups in total. The van der Waals surface area contributed by atoms with Crippen molar-refractivity contribution in [2.24, 2.45) is 0 Å². The predicted octanol–water partition coefficient (Wildman–Crippen LogP) is 3.95. The normalized spacial score (nSPS) is 11.7. The highest BCUT2D eigenvalue weighted by Crippen LogP contribution is 2.26. The largest absolute Gasteiger partial charge is 0.483 e. The maximum atomic E-state index is 12.1. The van der Waals surface area contributed by atoms with Crippen LogP contribution in [-0.4, -0.2) is 25.3 Å². The van der Waals surface area contributed by atoms with Crippen LogP contribution in [0.15, 0.2) is 66.7 Å². The second-order valence-electron chi connectivity index (χ2n) is 6.22. The van der Waals surface area contributed by atoms with Crippen molar-refractivity contribution in [1.82, 2.24) is 5.32 Å². The Labute approximate surface area is 152 Å². The van der Waals surface area contributed by atoms with E-state index in [4.69, 9.17) is 4.74 Å². The molecule has 0 spiro atoms. The quantitative estimate of drug-likeness (QED) is 0.659. The molecule has 0 aromatic heterocycles. The number of amides is 1. The molecule has 0 aliphatic rings. The molecule has 132 valence electrons. The van der Waals surface area contributed by atoms with Crippen LogP contribution in [0.3, 0.4) is 0 Å². The van der Waals surface area contributed by atoms with E-state index in [2.05, 4.69) is 12.2 Å². The molecule has 0 saturated carbocycles. The first-order chi connectivity index (χ1) is 12.7. The maximum Gasteiger partial charge on any atom is 0.257 e. The van der Waals surface area contributed by atoms with Gasteiger partial charge in [0.2, 0.25) is 0 Å². The summed E-state index contributed by atoms with van der Waals surface area (Å²) in [6.45, 7) is 2.47. The van der Waals surface area contributed by atoms with Crippen molar-refractivity contribution in [3.05, 3.63) is 77.9 Å². The number of fused-ring (bicyclic) bond motifs is 1. The van der Waals surface area contributed by atoms with Gasteiger partial charge >= 0.3 is 0 Å². The number of rotatable bonds is 7. The van der Waals surface area contributed by atoms with E-state index >= 15 is 0 Å². The third-order valence-electron chi connectivity index (χ3n) is 4.38. The zero-order valence-electron chi connectivity index (χ0n) is 14.6. The highest BCUT2D eigenvalue weighted by atomic mass is 16.5. The number of hydrogen-bond acceptors (Lipinski definition) is 3. The Bertz CT molecular complexity index is 906. The molecule has 0 unspecified atom stereocenters. The number of carbonyl (C=O) groups excluding carboxylic acids is 2. The molecule has 0 radical (unpaired) electrons. The SMILES string of the molecule is C[C@H](CNC(=O)COc1ccc2ccccc2c1C=O)c1ccccc1. The van der Waals surface area contributed by atoms with Gasteiger partial charge in [-0.25, -0.2) is 0 Å². The van der Waals surface area contributed by atoms with Gasteiger partial charge in [-0.1, -0.05) is 67.6 Å². The van der Waals surface area contributed by atoms with E-state index < -0.39 is 0 Å². The van der Waals surface area contributed by atoms with Gasteiger partial charge in [0.05, 0.1) is 5.56 Å². The van der Waals surface area contributed by atoms with E-state index in [0.717, 1.165) is 17.1 Å². The summed E-state index contributed by atoms with van der Waals surface area (Å²) in [5.74, 6) is 0.425. The van der Waals surface area contributed by atoms with Gasteiger partial charge in [0.15, 0.2) is 12.9 Å². The fraction of sp³-hybridized carbons (Fsp3) is 0.182. The number of ether oxygens (including phenoxy) is 1. The molecule has 0 aliphatic carbocycles. The molecule has 4 nitrogen and oxygen atoms in total. The maximum absolute atomic E-state index is 12.1. The molecule has 3 aromatic carbocycles. The second kappa shape index (κ2) is 8.30. The molecule has 0 fully saturated rings. The van der Waals surface area contributed by atoms with Crippen molar-refractivity contribution in [2.75, 3.05) is 13.2 Å². The van der Waals surface area contributed by atoms with Crippen molar-refractivity contribution in [2.45, 2.75) is 12.8 Å². The first kappa shape index (κ1) is 17.7. The van der Waals surface area contributed by atoms with Crippen LogP contribution in [-0.2, 0) is 4.79 Å². The lowest BCUT2D eigenvalue weighted by Gasteiger charge is -2.14. The molecule has 1 atom stereocenters. The zero-order chi connectivity index (χ0) is 18.4. The van der Waals surface area contributed by atoms with Crippen molar-refractivity contribution < 1.29 is 14.3 Å². The Balaban J connectivity index is 1.59. The molecule has 0 aliphatic heterocycles. The molecular weight excluding hydrogens is 326 g/mol. The Morgan fingerprint density at radius 3 is 2.54 bits per heavy atom. The molecular formula is C22H21NO3. The highest BCUT2D eigenvalue weighted by molar-refractivity contribution is 6.00. The average molecular weight is 347 g/mol. The lowest BCUT2D eigenvalue weighted by molar-refractivity contribution is -0.123. The van der Waals surface area contributed by atoms with E-state index in [1.54, 1.807) is 6.07 Å². The third-order valence-corrected chi connectivity index (χ3v) is 4.38. The van der Waals surface area contributed by atoms with E-state index in [9.17, 15) is 9.59 Å². The summed E-state index contributed by atoms with van der Waals surface area (Å²) in [5.41, 5.74) is 1.64. The minimum absolute atomic E-state index is 0.124. The van der Waals surface area contributed by atoms with Gasteiger partial charge in [-0.15, -0.1) is 0 Å². The van der Waals surface area contributed by atoms with Crippen LogP contribution < -0.4 is 10.1 Å². The Morgan fingerprint density at radius 2 is 1.77 bits per heavy atom. The summed E-state index contributed by atoms with van der Waals surface area (Å²) in [7, 11) is 0. The number of hydrogen-bond donors (Lipinski definition) is 1. The highest BCUT2D eigenvalue weighted by Gasteiger charge is 2.11. The number of aldehydes is 1. The first-order valence-corrected chi connectivity index (χ1v) is 8.60. The monoisotopic (exact) mass is 347 g/mol. The van der Waals surface area contributed by atoms with Gasteiger partial charge in [-0.3, -0.25) is 9.59 Å². The minimum Gasteiger partial charge on any atom is -0.483 e. The summed E-state index contributed by atoms with van der Waals surface area (Å²) < 4.78 is 5.59. The fourth-order valence-corrected chi connectivity index (χ4v) is 2.88. The molecule has 0 saturated heterocycles. The third kappa shape index (κ3) is 4.09. The fourth-order valence-electron chi connectivity index (χ4n) is 2.88. The van der Waals surface area contributed by atoms with Crippen LogP contribution in [0.25, 0.3) is 10.8 Å². The van der Waals surface area contributed by atoms with Crippen molar-refractivity contribution in [3.63, 3.8) is 0 Å². The smallest absolute Gasteiger partial charge is 0.257 e. The van der Waals surface area contributed by atoms with Crippen molar-refractivity contribution in [1.29, 1.82) is 0 Å². The van der Waals surface area contributed by atoms with Crippen LogP contribution in [0.4, 0.5) is 0 Å². The summed E-state index contributed by atoms with van der Waals surface area (Å²) in [6, 6.07) is 21.2. The van der Waals surface area contributed by atoms with Crippen LogP contribution in [0.5, 0.6) is 5.75 Å². The van der Waals surface area contributed by atoms with Gasteiger partial charge in [0.1, 0.15) is 5.75 Å². The lowest BCUT2D eigenvalue weighted by Crippen LogP contribution is -2.32. The Morgan fingerprint density at radius 1 is 1.04 bits per heavy atom. The summed E-state index contributed by atoms with van der Waals surface area (Å²) in [6.07, 6.45) is 0.771. The number of carbonyl (C=O) groups is 2. The predicted molar refractivity (Wildman–Crippen MR) is 103 cm³/mol. The number of benzene rings is 3. The zero-order valence-corrected chi connectivity index (χ0v) is 14.6. The van der Waals surface area contributed by atoms with Crippen molar-refractivity contribution >= 4 is 23.0 Å². The minimum atomic E-state index is -0.210. The molecule has 0 heterocycles. The van der Waals surface area contributed by atoms with E-state index in [1.165, 1.54) is 5.56 Å². The van der Waals surface area contributed by atoms with E-state index in [1.807, 2.05) is 60.7 Å². The molecule has 4 heteroatoms.